The molecule has 0 bridgehead atoms. The average Bonchev–Trinajstić information content (AvgIpc) is 2.11. The number of aliphatic hydroxyl groups excluding tert-OH is 1. The molecule has 0 saturated heterocycles. The van der Waals surface area contributed by atoms with Gasteiger partial charge in [-0.15, -0.1) is 6.42 Å². The van der Waals surface area contributed by atoms with Gasteiger partial charge in [0.05, 0.1) is 12.0 Å². The van der Waals surface area contributed by atoms with Crippen molar-refractivity contribution >= 4 is 13.8 Å². The van der Waals surface area contributed by atoms with E-state index in [1.807, 2.05) is 13.3 Å². The van der Waals surface area contributed by atoms with Crippen LogP contribution in [-0.2, 0) is 9.36 Å². The van der Waals surface area contributed by atoms with E-state index in [-0.39, 0.29) is 49.0 Å². The summed E-state index contributed by atoms with van der Waals surface area (Å²) in [5.74, 6) is -1.04. The van der Waals surface area contributed by atoms with Gasteiger partial charge in [-0.2, -0.15) is 6.42 Å². The minimum absolute atomic E-state index is 0. The fourth-order valence-corrected chi connectivity index (χ4v) is 1.17. The Kier molecular flexibility index (Phi) is 15.8. The Hall–Kier alpha value is 0.500. The molecule has 0 aliphatic heterocycles. The van der Waals surface area contributed by atoms with Gasteiger partial charge >= 0.3 is 43.3 Å². The first-order valence-corrected chi connectivity index (χ1v) is 6.75. The van der Waals surface area contributed by atoms with Crippen LogP contribution in [0, 0.1) is 6.42 Å². The number of unbranched alkanes of at least 4 members (excludes halogenated alkanes) is 1. The van der Waals surface area contributed by atoms with Gasteiger partial charge < -0.3 is 36.4 Å². The molecule has 1 atom stereocenters. The maximum Gasteiger partial charge on any atom is 1.00 e. The predicted octanol–water partition coefficient (Wildman–Crippen LogP) is -3.35. The van der Waals surface area contributed by atoms with Gasteiger partial charge in [-0.25, -0.2) is 4.57 Å². The molecule has 10 heteroatoms. The van der Waals surface area contributed by atoms with Crippen molar-refractivity contribution in [1.82, 2.24) is 0 Å². The third-order valence-electron chi connectivity index (χ3n) is 1.87. The van der Waals surface area contributed by atoms with Crippen molar-refractivity contribution in [1.29, 1.82) is 0 Å². The molecule has 0 amide bonds. The van der Waals surface area contributed by atoms with E-state index in [2.05, 4.69) is 0 Å². The van der Waals surface area contributed by atoms with Gasteiger partial charge in [0.2, 0.25) is 0 Å². The molecule has 0 aliphatic carbocycles. The third kappa shape index (κ3) is 24.0. The zero-order valence-corrected chi connectivity index (χ0v) is 14.0. The van der Waals surface area contributed by atoms with E-state index in [0.29, 0.717) is 6.42 Å². The monoisotopic (exact) mass is 310 g/mol. The normalized spacial score (nSPS) is 13.6. The Balaban J connectivity index is -0.000000366. The molecular formula is C9H20NaO8P. The van der Waals surface area contributed by atoms with Crippen molar-refractivity contribution in [2.45, 2.75) is 38.2 Å². The summed E-state index contributed by atoms with van der Waals surface area (Å²) < 4.78 is 8.88. The van der Waals surface area contributed by atoms with Crippen molar-refractivity contribution in [3.8, 4) is 0 Å². The molecule has 0 aromatic heterocycles. The summed E-state index contributed by atoms with van der Waals surface area (Å²) in [5.41, 5.74) is -1.28. The number of carbonyl (C=O) groups is 1. The van der Waals surface area contributed by atoms with Crippen LogP contribution < -0.4 is 29.6 Å². The van der Waals surface area contributed by atoms with Gasteiger partial charge in [0.25, 0.3) is 0 Å². The van der Waals surface area contributed by atoms with Crippen LogP contribution in [-0.4, -0.2) is 48.2 Å². The maximum atomic E-state index is 10.4. The van der Waals surface area contributed by atoms with E-state index in [4.69, 9.17) is 29.5 Å². The quantitative estimate of drug-likeness (QED) is 0.162. The number of carboxylic acids is 1. The number of rotatable bonds is 7. The summed E-state index contributed by atoms with van der Waals surface area (Å²) in [6, 6.07) is 0. The van der Waals surface area contributed by atoms with Crippen LogP contribution in [0.25, 0.3) is 0 Å². The second kappa shape index (κ2) is 12.3. The predicted molar refractivity (Wildman–Crippen MR) is 62.4 cm³/mol. The van der Waals surface area contributed by atoms with Crippen LogP contribution in [0.1, 0.15) is 32.6 Å². The van der Waals surface area contributed by atoms with E-state index in [0.717, 1.165) is 6.42 Å². The zero-order valence-electron chi connectivity index (χ0n) is 11.1. The standard InChI is InChI=1S/C9H17O4.Na.H3O4P/c1-2-3-4-9(13,5-6-10)7-8(11)12;;1-5(2,3)4/h3,10,13H,2,4-7H2,1H3,(H,11,12);;(H3,1,2,3,4)/q-1;+1;. The minimum Gasteiger partial charge on any atom is -0.481 e. The van der Waals surface area contributed by atoms with Crippen molar-refractivity contribution in [2.24, 2.45) is 0 Å². The van der Waals surface area contributed by atoms with Crippen LogP contribution in [0.15, 0.2) is 0 Å². The molecule has 110 valence electrons. The van der Waals surface area contributed by atoms with Crippen molar-refractivity contribution in [2.75, 3.05) is 6.61 Å². The first-order chi connectivity index (χ1) is 8.04. The fourth-order valence-electron chi connectivity index (χ4n) is 1.17. The largest absolute Gasteiger partial charge is 1.00 e. The summed E-state index contributed by atoms with van der Waals surface area (Å²) in [4.78, 5) is 32.0. The molecule has 0 aromatic rings. The molecule has 0 aromatic carbocycles. The Morgan fingerprint density at radius 1 is 1.32 bits per heavy atom. The summed E-state index contributed by atoms with van der Waals surface area (Å²) in [6.07, 6.45) is 2.71. The summed E-state index contributed by atoms with van der Waals surface area (Å²) in [6.45, 7) is 1.72. The summed E-state index contributed by atoms with van der Waals surface area (Å²) >= 11 is 0. The second-order valence-electron chi connectivity index (χ2n) is 3.68. The van der Waals surface area contributed by atoms with Crippen molar-refractivity contribution < 1.29 is 68.9 Å². The molecule has 19 heavy (non-hydrogen) atoms. The Morgan fingerprint density at radius 2 is 1.74 bits per heavy atom. The second-order valence-corrected chi connectivity index (χ2v) is 4.71. The van der Waals surface area contributed by atoms with Gasteiger partial charge in [0, 0.05) is 6.61 Å². The van der Waals surface area contributed by atoms with E-state index < -0.39 is 19.4 Å². The Labute approximate surface area is 134 Å². The van der Waals surface area contributed by atoms with E-state index in [9.17, 15) is 9.90 Å². The van der Waals surface area contributed by atoms with Crippen LogP contribution in [0.3, 0.4) is 0 Å². The van der Waals surface area contributed by atoms with E-state index >= 15 is 0 Å². The van der Waals surface area contributed by atoms with Crippen LogP contribution in [0.4, 0.5) is 0 Å². The third-order valence-corrected chi connectivity index (χ3v) is 1.87. The van der Waals surface area contributed by atoms with Gasteiger partial charge in [-0.05, 0) is 6.42 Å². The smallest absolute Gasteiger partial charge is 0.481 e. The molecule has 0 radical (unpaired) electrons. The van der Waals surface area contributed by atoms with Gasteiger partial charge in [-0.1, -0.05) is 6.92 Å². The Bertz CT molecular complexity index is 273. The van der Waals surface area contributed by atoms with Crippen molar-refractivity contribution in [3.63, 3.8) is 0 Å². The molecule has 0 aliphatic rings. The fraction of sp³-hybridized carbons (Fsp3) is 0.778. The number of phosphoric acid groups is 1. The maximum absolute atomic E-state index is 10.4. The van der Waals surface area contributed by atoms with E-state index in [1.165, 1.54) is 0 Å². The van der Waals surface area contributed by atoms with Gasteiger partial charge in [0.15, 0.2) is 0 Å². The van der Waals surface area contributed by atoms with Crippen LogP contribution >= 0.6 is 7.82 Å². The van der Waals surface area contributed by atoms with Crippen molar-refractivity contribution in [3.05, 3.63) is 6.42 Å². The number of carboxylic acid groups (broad SMARTS) is 1. The average molecular weight is 310 g/mol. The molecule has 0 rings (SSSR count). The molecule has 0 saturated carbocycles. The summed E-state index contributed by atoms with van der Waals surface area (Å²) in [7, 11) is -4.64. The number of aliphatic hydroxyl groups is 2. The molecule has 8 nitrogen and oxygen atoms in total. The first-order valence-electron chi connectivity index (χ1n) is 5.19. The SMILES string of the molecule is CC[CH-]CC(O)(CCO)CC(=O)O.O=P(O)(O)O.[Na+]. The number of aliphatic carboxylic acids is 1. The number of hydrogen-bond acceptors (Lipinski definition) is 4. The first kappa shape index (κ1) is 24.5. The summed E-state index contributed by atoms with van der Waals surface area (Å²) in [5, 5.41) is 26.9. The van der Waals surface area contributed by atoms with Crippen LogP contribution in [0.5, 0.6) is 0 Å². The van der Waals surface area contributed by atoms with Gasteiger partial charge in [0.1, 0.15) is 0 Å². The Morgan fingerprint density at radius 3 is 2.00 bits per heavy atom. The minimum atomic E-state index is -4.64. The molecule has 0 heterocycles. The molecule has 1 unspecified atom stereocenters. The zero-order chi connectivity index (χ0) is 14.8. The van der Waals surface area contributed by atoms with Crippen LogP contribution in [0.2, 0.25) is 0 Å². The van der Waals surface area contributed by atoms with E-state index in [1.54, 1.807) is 0 Å². The molecule has 6 N–H and O–H groups in total. The molecule has 0 spiro atoms. The number of hydrogen-bond donors (Lipinski definition) is 6. The molecule has 0 fully saturated rings. The topological polar surface area (TPSA) is 156 Å². The molecular weight excluding hydrogens is 290 g/mol. The van der Waals surface area contributed by atoms with Gasteiger partial charge in [-0.3, -0.25) is 4.79 Å².